The molecule has 1 saturated carbocycles. The molecule has 0 atom stereocenters. The molecule has 7 heteroatoms. The van der Waals surface area contributed by atoms with Crippen molar-refractivity contribution in [2.75, 3.05) is 6.54 Å². The van der Waals surface area contributed by atoms with E-state index in [9.17, 15) is 13.2 Å². The van der Waals surface area contributed by atoms with Gasteiger partial charge in [0.25, 0.3) is 5.91 Å². The predicted molar refractivity (Wildman–Crippen MR) is 108 cm³/mol. The Labute approximate surface area is 165 Å². The summed E-state index contributed by atoms with van der Waals surface area (Å²) in [5.41, 5.74) is 0.353. The molecule has 1 fully saturated rings. The Hall–Kier alpha value is -0.920. The van der Waals surface area contributed by atoms with E-state index in [1.165, 1.54) is 44.2 Å². The van der Waals surface area contributed by atoms with Gasteiger partial charge in [-0.05, 0) is 53.4 Å². The van der Waals surface area contributed by atoms with Gasteiger partial charge >= 0.3 is 0 Å². The van der Waals surface area contributed by atoms with Crippen molar-refractivity contribution in [2.45, 2.75) is 75.6 Å². The predicted octanol–water partition coefficient (Wildman–Crippen LogP) is 4.37. The van der Waals surface area contributed by atoms with E-state index in [1.807, 2.05) is 0 Å². The molecule has 0 saturated heterocycles. The molecule has 5 nitrogen and oxygen atoms in total. The summed E-state index contributed by atoms with van der Waals surface area (Å²) in [5, 5.41) is 2.89. The lowest BCUT2D eigenvalue weighted by Crippen LogP contribution is -2.27. The van der Waals surface area contributed by atoms with Crippen molar-refractivity contribution < 1.29 is 13.2 Å². The lowest BCUT2D eigenvalue weighted by molar-refractivity contribution is 0.0952. The van der Waals surface area contributed by atoms with Crippen LogP contribution in [0.3, 0.4) is 0 Å². The Bertz CT molecular complexity index is 703. The highest BCUT2D eigenvalue weighted by atomic mass is 79.9. The Morgan fingerprint density at radius 3 is 2.42 bits per heavy atom. The number of halogens is 1. The normalized spacial score (nSPS) is 14.4. The molecule has 1 aliphatic rings. The zero-order valence-corrected chi connectivity index (χ0v) is 17.8. The van der Waals surface area contributed by atoms with Crippen LogP contribution in [0.4, 0.5) is 0 Å². The summed E-state index contributed by atoms with van der Waals surface area (Å²) >= 11 is 3.34. The van der Waals surface area contributed by atoms with Gasteiger partial charge in [-0.25, -0.2) is 13.1 Å². The van der Waals surface area contributed by atoms with Gasteiger partial charge in [-0.2, -0.15) is 0 Å². The van der Waals surface area contributed by atoms with Crippen LogP contribution in [0.25, 0.3) is 0 Å². The topological polar surface area (TPSA) is 75.3 Å². The first-order chi connectivity index (χ1) is 12.4. The van der Waals surface area contributed by atoms with E-state index in [4.69, 9.17) is 0 Å². The molecule has 146 valence electrons. The molecule has 0 aromatic heterocycles. The van der Waals surface area contributed by atoms with Gasteiger partial charge in [-0.1, -0.05) is 45.4 Å². The molecule has 0 aliphatic heterocycles. The van der Waals surface area contributed by atoms with E-state index in [1.54, 1.807) is 6.07 Å². The molecule has 1 aromatic carbocycles. The number of nitrogens with one attached hydrogen (secondary N) is 2. The molecule has 0 spiro atoms. The maximum atomic E-state index is 12.4. The Morgan fingerprint density at radius 2 is 1.77 bits per heavy atom. The quantitative estimate of drug-likeness (QED) is 0.469. The van der Waals surface area contributed by atoms with E-state index < -0.39 is 10.0 Å². The minimum Gasteiger partial charge on any atom is -0.352 e. The lowest BCUT2D eigenvalue weighted by atomic mass is 10.1. The number of carbonyl (C=O) groups is 1. The molecule has 0 bridgehead atoms. The third-order valence-corrected chi connectivity index (χ3v) is 6.67. The second-order valence-corrected chi connectivity index (χ2v) is 9.48. The zero-order chi connectivity index (χ0) is 19.0. The van der Waals surface area contributed by atoms with Gasteiger partial charge < -0.3 is 5.32 Å². The first-order valence-corrected chi connectivity index (χ1v) is 11.8. The maximum Gasteiger partial charge on any atom is 0.252 e. The molecule has 2 rings (SSSR count). The van der Waals surface area contributed by atoms with E-state index in [0.717, 1.165) is 25.7 Å². The summed E-state index contributed by atoms with van der Waals surface area (Å²) in [5.74, 6) is -0.244. The number of sulfonamides is 1. The van der Waals surface area contributed by atoms with Gasteiger partial charge in [0, 0.05) is 17.1 Å². The third kappa shape index (κ3) is 7.00. The minimum absolute atomic E-state index is 0.0400. The molecular weight excluding hydrogens is 416 g/mol. The number of hydrogen-bond acceptors (Lipinski definition) is 3. The molecule has 1 aliphatic carbocycles. The van der Waals surface area contributed by atoms with Gasteiger partial charge in [0.15, 0.2) is 0 Å². The summed E-state index contributed by atoms with van der Waals surface area (Å²) in [6, 6.07) is 4.61. The van der Waals surface area contributed by atoms with Crippen molar-refractivity contribution in [3.63, 3.8) is 0 Å². The van der Waals surface area contributed by atoms with E-state index >= 15 is 0 Å². The van der Waals surface area contributed by atoms with Crippen molar-refractivity contribution in [2.24, 2.45) is 0 Å². The van der Waals surface area contributed by atoms with Crippen molar-refractivity contribution in [3.05, 3.63) is 28.2 Å². The van der Waals surface area contributed by atoms with Gasteiger partial charge in [-0.15, -0.1) is 0 Å². The van der Waals surface area contributed by atoms with Crippen molar-refractivity contribution in [1.82, 2.24) is 10.0 Å². The highest BCUT2D eigenvalue weighted by Gasteiger charge is 2.28. The summed E-state index contributed by atoms with van der Waals surface area (Å²) in [6.45, 7) is 2.81. The number of amides is 1. The second-order valence-electron chi connectivity index (χ2n) is 6.91. The fourth-order valence-electron chi connectivity index (χ4n) is 2.71. The number of rotatable bonds is 12. The Kier molecular flexibility index (Phi) is 8.57. The highest BCUT2D eigenvalue weighted by molar-refractivity contribution is 9.10. The first kappa shape index (κ1) is 21.4. The van der Waals surface area contributed by atoms with E-state index in [-0.39, 0.29) is 16.8 Å². The molecule has 0 heterocycles. The molecule has 2 N–H and O–H groups in total. The fourth-order valence-corrected chi connectivity index (χ4v) is 4.47. The largest absolute Gasteiger partial charge is 0.352 e. The Balaban J connectivity index is 1.83. The molecular formula is C19H29BrN2O3S. The average molecular weight is 445 g/mol. The molecule has 0 radical (unpaired) electrons. The number of unbranched alkanes of at least 4 members (excludes halogenated alkanes) is 6. The summed E-state index contributed by atoms with van der Waals surface area (Å²) in [4.78, 5) is 12.5. The molecule has 1 aromatic rings. The monoisotopic (exact) mass is 444 g/mol. The molecule has 1 amide bonds. The van der Waals surface area contributed by atoms with Crippen LogP contribution < -0.4 is 10.0 Å². The summed E-state index contributed by atoms with van der Waals surface area (Å²) < 4.78 is 27.9. The summed E-state index contributed by atoms with van der Waals surface area (Å²) in [6.07, 6.45) is 10.1. The zero-order valence-electron chi connectivity index (χ0n) is 15.4. The van der Waals surface area contributed by atoms with Crippen LogP contribution in [0.2, 0.25) is 0 Å². The number of benzene rings is 1. The van der Waals surface area contributed by atoms with Gasteiger partial charge in [-0.3, -0.25) is 4.79 Å². The summed E-state index contributed by atoms with van der Waals surface area (Å²) in [7, 11) is -3.56. The lowest BCUT2D eigenvalue weighted by Gasteiger charge is -2.10. The maximum absolute atomic E-state index is 12.4. The molecule has 0 unspecified atom stereocenters. The van der Waals surface area contributed by atoms with Gasteiger partial charge in [0.2, 0.25) is 10.0 Å². The minimum atomic E-state index is -3.56. The second kappa shape index (κ2) is 10.4. The van der Waals surface area contributed by atoms with E-state index in [0.29, 0.717) is 16.6 Å². The van der Waals surface area contributed by atoms with Crippen LogP contribution >= 0.6 is 15.9 Å². The van der Waals surface area contributed by atoms with Gasteiger partial charge in [0.05, 0.1) is 10.5 Å². The average Bonchev–Trinajstić information content (AvgIpc) is 3.40. The number of hydrogen-bond donors (Lipinski definition) is 2. The SMILES string of the molecule is CCCCCCCCCNC(=O)c1cc(S(=O)(=O)NC2CC2)ccc1Br. The molecule has 26 heavy (non-hydrogen) atoms. The van der Waals surface area contributed by atoms with Crippen LogP contribution in [0.1, 0.15) is 75.1 Å². The van der Waals surface area contributed by atoms with Crippen LogP contribution in [-0.2, 0) is 10.0 Å². The smallest absolute Gasteiger partial charge is 0.252 e. The van der Waals surface area contributed by atoms with Gasteiger partial charge in [0.1, 0.15) is 0 Å². The van der Waals surface area contributed by atoms with Crippen LogP contribution in [0, 0.1) is 0 Å². The highest BCUT2D eigenvalue weighted by Crippen LogP contribution is 2.25. The first-order valence-electron chi connectivity index (χ1n) is 9.54. The van der Waals surface area contributed by atoms with Crippen LogP contribution in [-0.4, -0.2) is 26.9 Å². The fraction of sp³-hybridized carbons (Fsp3) is 0.632. The van der Waals surface area contributed by atoms with Crippen molar-refractivity contribution in [1.29, 1.82) is 0 Å². The van der Waals surface area contributed by atoms with Crippen molar-refractivity contribution in [3.8, 4) is 0 Å². The standard InChI is InChI=1S/C19H29BrN2O3S/c1-2-3-4-5-6-7-8-13-21-19(23)17-14-16(11-12-18(17)20)26(24,25)22-15-9-10-15/h11-12,14-15,22H,2-10,13H2,1H3,(H,21,23). The van der Waals surface area contributed by atoms with Crippen molar-refractivity contribution >= 4 is 31.9 Å². The number of carbonyl (C=O) groups excluding carboxylic acids is 1. The third-order valence-electron chi connectivity index (χ3n) is 4.46. The van der Waals surface area contributed by atoms with Crippen LogP contribution in [0.15, 0.2) is 27.6 Å². The van der Waals surface area contributed by atoms with E-state index in [2.05, 4.69) is 32.9 Å². The van der Waals surface area contributed by atoms with Crippen LogP contribution in [0.5, 0.6) is 0 Å². The Morgan fingerprint density at radius 1 is 1.12 bits per heavy atom.